The maximum absolute atomic E-state index is 11.6. The lowest BCUT2D eigenvalue weighted by atomic mass is 9.98. The van der Waals surface area contributed by atoms with Gasteiger partial charge < -0.3 is 16.0 Å². The number of amides is 1. The molecule has 1 heterocycles. The molecule has 0 aromatic rings. The van der Waals surface area contributed by atoms with Crippen molar-refractivity contribution in [3.05, 3.63) is 0 Å². The number of hydrogen-bond acceptors (Lipinski definition) is 3. The highest BCUT2D eigenvalue weighted by Crippen LogP contribution is 2.15. The van der Waals surface area contributed by atoms with E-state index < -0.39 is 0 Å². The third-order valence-electron chi connectivity index (χ3n) is 3.33. The van der Waals surface area contributed by atoms with Gasteiger partial charge in [0.05, 0.1) is 6.04 Å². The fraction of sp³-hybridized carbons (Fsp3) is 0.909. The SMILES string of the molecule is CCC(N)C(=O)NC1CCN(C)C(C)C1. The number of nitrogens with one attached hydrogen (secondary N) is 1. The van der Waals surface area contributed by atoms with Gasteiger partial charge in [-0.15, -0.1) is 0 Å². The highest BCUT2D eigenvalue weighted by molar-refractivity contribution is 5.81. The molecule has 1 aliphatic rings. The van der Waals surface area contributed by atoms with E-state index in [-0.39, 0.29) is 11.9 Å². The summed E-state index contributed by atoms with van der Waals surface area (Å²) in [4.78, 5) is 13.9. The monoisotopic (exact) mass is 213 g/mol. The van der Waals surface area contributed by atoms with Crippen molar-refractivity contribution < 1.29 is 4.79 Å². The quantitative estimate of drug-likeness (QED) is 0.710. The molecule has 1 rings (SSSR count). The number of hydrogen-bond donors (Lipinski definition) is 2. The summed E-state index contributed by atoms with van der Waals surface area (Å²) in [5.41, 5.74) is 5.67. The second-order valence-corrected chi connectivity index (χ2v) is 4.57. The summed E-state index contributed by atoms with van der Waals surface area (Å²) in [7, 11) is 2.13. The predicted octanol–water partition coefficient (Wildman–Crippen LogP) is 0.323. The van der Waals surface area contributed by atoms with Crippen LogP contribution < -0.4 is 11.1 Å². The normalized spacial score (nSPS) is 29.9. The van der Waals surface area contributed by atoms with Crippen molar-refractivity contribution in [2.45, 2.75) is 51.2 Å². The van der Waals surface area contributed by atoms with Crippen molar-refractivity contribution in [3.8, 4) is 0 Å². The topological polar surface area (TPSA) is 58.4 Å². The van der Waals surface area contributed by atoms with E-state index in [2.05, 4.69) is 24.2 Å². The van der Waals surface area contributed by atoms with Crippen LogP contribution >= 0.6 is 0 Å². The number of carbonyl (C=O) groups excluding carboxylic acids is 1. The van der Waals surface area contributed by atoms with Crippen LogP contribution in [-0.4, -0.2) is 42.5 Å². The number of piperidine rings is 1. The van der Waals surface area contributed by atoms with Gasteiger partial charge in [0.25, 0.3) is 0 Å². The molecular formula is C11H23N3O. The van der Waals surface area contributed by atoms with Crippen LogP contribution in [-0.2, 0) is 4.79 Å². The third-order valence-corrected chi connectivity index (χ3v) is 3.33. The summed E-state index contributed by atoms with van der Waals surface area (Å²) in [6.45, 7) is 5.17. The molecule has 0 aromatic carbocycles. The van der Waals surface area contributed by atoms with Gasteiger partial charge in [0.15, 0.2) is 0 Å². The molecule has 1 saturated heterocycles. The van der Waals surface area contributed by atoms with Crippen molar-refractivity contribution in [2.75, 3.05) is 13.6 Å². The molecule has 15 heavy (non-hydrogen) atoms. The van der Waals surface area contributed by atoms with Crippen molar-refractivity contribution in [1.29, 1.82) is 0 Å². The van der Waals surface area contributed by atoms with Crippen LogP contribution in [0.25, 0.3) is 0 Å². The molecule has 3 unspecified atom stereocenters. The molecule has 1 amide bonds. The fourth-order valence-corrected chi connectivity index (χ4v) is 1.91. The Labute approximate surface area is 92.2 Å². The summed E-state index contributed by atoms with van der Waals surface area (Å²) in [5, 5.41) is 3.03. The van der Waals surface area contributed by atoms with Crippen LogP contribution in [0.15, 0.2) is 0 Å². The molecule has 4 nitrogen and oxygen atoms in total. The van der Waals surface area contributed by atoms with Gasteiger partial charge in [-0.1, -0.05) is 6.92 Å². The Morgan fingerprint density at radius 2 is 2.33 bits per heavy atom. The molecular weight excluding hydrogens is 190 g/mol. The molecule has 88 valence electrons. The largest absolute Gasteiger partial charge is 0.352 e. The zero-order chi connectivity index (χ0) is 11.4. The number of nitrogens with two attached hydrogens (primary N) is 1. The van der Waals surface area contributed by atoms with E-state index in [1.165, 1.54) is 0 Å². The number of likely N-dealkylation sites (tertiary alicyclic amines) is 1. The zero-order valence-electron chi connectivity index (χ0n) is 9.99. The first-order valence-corrected chi connectivity index (χ1v) is 5.80. The Kier molecular flexibility index (Phi) is 4.54. The lowest BCUT2D eigenvalue weighted by molar-refractivity contribution is -0.123. The van der Waals surface area contributed by atoms with Gasteiger partial charge in [-0.3, -0.25) is 4.79 Å². The van der Waals surface area contributed by atoms with Crippen LogP contribution in [0.4, 0.5) is 0 Å². The first-order chi connectivity index (χ1) is 7.04. The Morgan fingerprint density at radius 3 is 2.87 bits per heavy atom. The van der Waals surface area contributed by atoms with Gasteiger partial charge in [0.1, 0.15) is 0 Å². The molecule has 0 aromatic heterocycles. The lowest BCUT2D eigenvalue weighted by Crippen LogP contribution is -2.51. The summed E-state index contributed by atoms with van der Waals surface area (Å²) in [5.74, 6) is -0.000692. The molecule has 4 heteroatoms. The molecule has 0 bridgehead atoms. The van der Waals surface area contributed by atoms with Crippen molar-refractivity contribution in [3.63, 3.8) is 0 Å². The molecule has 0 spiro atoms. The van der Waals surface area contributed by atoms with Gasteiger partial charge in [0.2, 0.25) is 5.91 Å². The third kappa shape index (κ3) is 3.47. The smallest absolute Gasteiger partial charge is 0.237 e. The summed E-state index contributed by atoms with van der Waals surface area (Å²) in [6, 6.07) is 0.503. The molecule has 0 radical (unpaired) electrons. The Balaban J connectivity index is 2.36. The molecule has 3 atom stereocenters. The number of rotatable bonds is 3. The van der Waals surface area contributed by atoms with Crippen molar-refractivity contribution >= 4 is 5.91 Å². The van der Waals surface area contributed by atoms with Crippen molar-refractivity contribution in [2.24, 2.45) is 5.73 Å². The molecule has 1 fully saturated rings. The lowest BCUT2D eigenvalue weighted by Gasteiger charge is -2.35. The van der Waals surface area contributed by atoms with Gasteiger partial charge in [0, 0.05) is 18.6 Å². The standard InChI is InChI=1S/C11H23N3O/c1-4-10(12)11(15)13-9-5-6-14(3)8(2)7-9/h8-10H,4-7,12H2,1-3H3,(H,13,15). The second-order valence-electron chi connectivity index (χ2n) is 4.57. The van der Waals surface area contributed by atoms with E-state index in [9.17, 15) is 4.79 Å². The predicted molar refractivity (Wildman–Crippen MR) is 61.5 cm³/mol. The van der Waals surface area contributed by atoms with Crippen LogP contribution in [0.3, 0.4) is 0 Å². The van der Waals surface area contributed by atoms with E-state index in [0.717, 1.165) is 19.4 Å². The van der Waals surface area contributed by atoms with E-state index in [0.29, 0.717) is 18.5 Å². The minimum atomic E-state index is -0.347. The van der Waals surface area contributed by atoms with Gasteiger partial charge in [-0.25, -0.2) is 0 Å². The maximum atomic E-state index is 11.6. The Bertz CT molecular complexity index is 220. The minimum absolute atomic E-state index is 0.000692. The summed E-state index contributed by atoms with van der Waals surface area (Å²) in [6.07, 6.45) is 2.76. The maximum Gasteiger partial charge on any atom is 0.237 e. The summed E-state index contributed by atoms with van der Waals surface area (Å²) < 4.78 is 0. The zero-order valence-corrected chi connectivity index (χ0v) is 9.99. The molecule has 3 N–H and O–H groups in total. The number of nitrogens with zero attached hydrogens (tertiary/aromatic N) is 1. The van der Waals surface area contributed by atoms with Crippen LogP contribution in [0.2, 0.25) is 0 Å². The average molecular weight is 213 g/mol. The Hall–Kier alpha value is -0.610. The second kappa shape index (κ2) is 5.47. The minimum Gasteiger partial charge on any atom is -0.352 e. The first kappa shape index (κ1) is 12.5. The van der Waals surface area contributed by atoms with E-state index in [1.807, 2.05) is 6.92 Å². The van der Waals surface area contributed by atoms with Crippen LogP contribution in [0.5, 0.6) is 0 Å². The van der Waals surface area contributed by atoms with Gasteiger partial charge in [-0.2, -0.15) is 0 Å². The molecule has 1 aliphatic heterocycles. The Morgan fingerprint density at radius 1 is 1.67 bits per heavy atom. The van der Waals surface area contributed by atoms with E-state index in [4.69, 9.17) is 5.73 Å². The van der Waals surface area contributed by atoms with Gasteiger partial charge in [-0.05, 0) is 33.2 Å². The first-order valence-electron chi connectivity index (χ1n) is 5.80. The average Bonchev–Trinajstić information content (AvgIpc) is 2.22. The van der Waals surface area contributed by atoms with E-state index >= 15 is 0 Å². The highest BCUT2D eigenvalue weighted by atomic mass is 16.2. The molecule has 0 saturated carbocycles. The summed E-state index contributed by atoms with van der Waals surface area (Å²) >= 11 is 0. The number of carbonyl (C=O) groups is 1. The van der Waals surface area contributed by atoms with Crippen LogP contribution in [0, 0.1) is 0 Å². The van der Waals surface area contributed by atoms with Crippen LogP contribution in [0.1, 0.15) is 33.1 Å². The molecule has 0 aliphatic carbocycles. The fourth-order valence-electron chi connectivity index (χ4n) is 1.91. The highest BCUT2D eigenvalue weighted by Gasteiger charge is 2.24. The van der Waals surface area contributed by atoms with Gasteiger partial charge >= 0.3 is 0 Å². The van der Waals surface area contributed by atoms with Crippen molar-refractivity contribution in [1.82, 2.24) is 10.2 Å². The van der Waals surface area contributed by atoms with E-state index in [1.54, 1.807) is 0 Å².